The van der Waals surface area contributed by atoms with Crippen LogP contribution in [-0.4, -0.2) is 50.4 Å². The van der Waals surface area contributed by atoms with Crippen LogP contribution in [0.1, 0.15) is 49.0 Å². The largest absolute Gasteiger partial charge is 0.496 e. The zero-order chi connectivity index (χ0) is 17.2. The van der Waals surface area contributed by atoms with Crippen molar-refractivity contribution in [1.82, 2.24) is 4.90 Å². The van der Waals surface area contributed by atoms with Crippen molar-refractivity contribution in [2.75, 3.05) is 25.2 Å². The average molecular weight is 339 g/mol. The molecule has 1 heterocycles. The third kappa shape index (κ3) is 3.86. The molecule has 1 amide bonds. The lowest BCUT2D eigenvalue weighted by Gasteiger charge is -2.27. The molecular formula is C17H25NO4S. The molecule has 1 saturated heterocycles. The van der Waals surface area contributed by atoms with E-state index in [9.17, 15) is 13.2 Å². The Morgan fingerprint density at radius 2 is 2.09 bits per heavy atom. The minimum absolute atomic E-state index is 0.0692. The van der Waals surface area contributed by atoms with Crippen LogP contribution in [0.25, 0.3) is 0 Å². The lowest BCUT2D eigenvalue weighted by molar-refractivity contribution is 0.0708. The van der Waals surface area contributed by atoms with Gasteiger partial charge < -0.3 is 9.64 Å². The molecule has 1 aliphatic heterocycles. The van der Waals surface area contributed by atoms with Gasteiger partial charge in [0.15, 0.2) is 9.84 Å². The highest BCUT2D eigenvalue weighted by Crippen LogP contribution is 2.28. The minimum Gasteiger partial charge on any atom is -0.496 e. The molecule has 0 aliphatic carbocycles. The summed E-state index contributed by atoms with van der Waals surface area (Å²) in [4.78, 5) is 14.5. The van der Waals surface area contributed by atoms with E-state index >= 15 is 0 Å². The fourth-order valence-corrected chi connectivity index (χ4v) is 4.80. The zero-order valence-electron chi connectivity index (χ0n) is 14.2. The Balaban J connectivity index is 2.29. The Morgan fingerprint density at radius 1 is 1.39 bits per heavy atom. The lowest BCUT2D eigenvalue weighted by Crippen LogP contribution is -2.41. The number of hydrogen-bond acceptors (Lipinski definition) is 4. The summed E-state index contributed by atoms with van der Waals surface area (Å²) >= 11 is 0. The van der Waals surface area contributed by atoms with Crippen LogP contribution >= 0.6 is 0 Å². The number of hydrogen-bond donors (Lipinski definition) is 0. The summed E-state index contributed by atoms with van der Waals surface area (Å²) in [7, 11) is -1.40. The first-order chi connectivity index (χ1) is 10.8. The minimum atomic E-state index is -3.01. The van der Waals surface area contributed by atoms with Gasteiger partial charge in [0.05, 0.1) is 18.6 Å². The molecule has 1 fully saturated rings. The summed E-state index contributed by atoms with van der Waals surface area (Å²) in [6, 6.07) is 5.20. The molecule has 0 saturated carbocycles. The second kappa shape index (κ2) is 6.91. The maximum Gasteiger partial charge on any atom is 0.254 e. The van der Waals surface area contributed by atoms with Gasteiger partial charge in [0.1, 0.15) is 5.75 Å². The summed E-state index contributed by atoms with van der Waals surface area (Å²) in [6.45, 7) is 6.48. The van der Waals surface area contributed by atoms with Crippen molar-refractivity contribution in [1.29, 1.82) is 0 Å². The van der Waals surface area contributed by atoms with Crippen molar-refractivity contribution in [3.8, 4) is 5.75 Å². The molecule has 1 aliphatic rings. The van der Waals surface area contributed by atoms with E-state index in [0.717, 1.165) is 11.3 Å². The molecule has 2 rings (SSSR count). The highest BCUT2D eigenvalue weighted by Gasteiger charge is 2.34. The van der Waals surface area contributed by atoms with E-state index in [4.69, 9.17) is 4.74 Å². The van der Waals surface area contributed by atoms with Crippen LogP contribution in [-0.2, 0) is 9.84 Å². The maximum atomic E-state index is 12.8. The first kappa shape index (κ1) is 17.8. The van der Waals surface area contributed by atoms with Gasteiger partial charge in [0.25, 0.3) is 5.91 Å². The second-order valence-electron chi connectivity index (χ2n) is 6.26. The SMILES string of the molecule is CCN(C(=O)c1ccc(OC)c(C(C)C)c1)C1CCS(=O)(=O)C1. The Labute approximate surface area is 138 Å². The van der Waals surface area contributed by atoms with E-state index in [-0.39, 0.29) is 29.4 Å². The monoisotopic (exact) mass is 339 g/mol. The smallest absolute Gasteiger partial charge is 0.254 e. The third-order valence-electron chi connectivity index (χ3n) is 4.35. The van der Waals surface area contributed by atoms with Gasteiger partial charge in [0.2, 0.25) is 0 Å². The fourth-order valence-electron chi connectivity index (χ4n) is 3.07. The molecule has 0 radical (unpaired) electrons. The Bertz CT molecular complexity index is 682. The number of benzene rings is 1. The number of sulfone groups is 1. The van der Waals surface area contributed by atoms with Crippen molar-refractivity contribution >= 4 is 15.7 Å². The maximum absolute atomic E-state index is 12.8. The first-order valence-corrected chi connectivity index (χ1v) is 9.80. The van der Waals surface area contributed by atoms with Gasteiger partial charge in [-0.1, -0.05) is 13.8 Å². The van der Waals surface area contributed by atoms with Crippen LogP contribution in [0, 0.1) is 0 Å². The normalized spacial score (nSPS) is 19.8. The van der Waals surface area contributed by atoms with Gasteiger partial charge in [-0.15, -0.1) is 0 Å². The molecule has 0 spiro atoms. The van der Waals surface area contributed by atoms with Gasteiger partial charge in [0, 0.05) is 18.2 Å². The summed E-state index contributed by atoms with van der Waals surface area (Å²) in [5.74, 6) is 1.13. The quantitative estimate of drug-likeness (QED) is 0.827. The van der Waals surface area contributed by atoms with Crippen molar-refractivity contribution in [2.24, 2.45) is 0 Å². The molecule has 1 aromatic carbocycles. The number of ether oxygens (including phenoxy) is 1. The van der Waals surface area contributed by atoms with E-state index in [2.05, 4.69) is 0 Å². The van der Waals surface area contributed by atoms with Crippen LogP contribution in [0.2, 0.25) is 0 Å². The molecule has 1 unspecified atom stereocenters. The number of nitrogens with zero attached hydrogens (tertiary/aromatic N) is 1. The van der Waals surface area contributed by atoms with Gasteiger partial charge in [-0.2, -0.15) is 0 Å². The molecule has 0 aromatic heterocycles. The van der Waals surface area contributed by atoms with Crippen LogP contribution in [0.15, 0.2) is 18.2 Å². The van der Waals surface area contributed by atoms with Crippen LogP contribution in [0.4, 0.5) is 0 Å². The molecule has 0 N–H and O–H groups in total. The number of amides is 1. The molecular weight excluding hydrogens is 314 g/mol. The molecule has 128 valence electrons. The number of rotatable bonds is 5. The Hall–Kier alpha value is -1.56. The number of carbonyl (C=O) groups excluding carboxylic acids is 1. The van der Waals surface area contributed by atoms with Crippen LogP contribution in [0.3, 0.4) is 0 Å². The number of methoxy groups -OCH3 is 1. The van der Waals surface area contributed by atoms with Crippen molar-refractivity contribution in [2.45, 2.75) is 39.2 Å². The predicted molar refractivity (Wildman–Crippen MR) is 90.9 cm³/mol. The summed E-state index contributed by atoms with van der Waals surface area (Å²) in [5, 5.41) is 0. The highest BCUT2D eigenvalue weighted by atomic mass is 32.2. The topological polar surface area (TPSA) is 63.7 Å². The van der Waals surface area contributed by atoms with E-state index < -0.39 is 9.84 Å². The second-order valence-corrected chi connectivity index (χ2v) is 8.49. The zero-order valence-corrected chi connectivity index (χ0v) is 15.0. The van der Waals surface area contributed by atoms with E-state index in [0.29, 0.717) is 18.5 Å². The van der Waals surface area contributed by atoms with Crippen LogP contribution < -0.4 is 4.74 Å². The molecule has 0 bridgehead atoms. The first-order valence-electron chi connectivity index (χ1n) is 7.98. The molecule has 1 atom stereocenters. The van der Waals surface area contributed by atoms with E-state index in [1.54, 1.807) is 18.1 Å². The predicted octanol–water partition coefficient (Wildman–Crippen LogP) is 2.47. The fraction of sp³-hybridized carbons (Fsp3) is 0.588. The van der Waals surface area contributed by atoms with Crippen molar-refractivity contribution in [3.05, 3.63) is 29.3 Å². The molecule has 6 heteroatoms. The average Bonchev–Trinajstić information content (AvgIpc) is 2.87. The molecule has 23 heavy (non-hydrogen) atoms. The Kier molecular flexibility index (Phi) is 5.34. The Morgan fingerprint density at radius 3 is 2.57 bits per heavy atom. The molecule has 1 aromatic rings. The van der Waals surface area contributed by atoms with Gasteiger partial charge in [-0.3, -0.25) is 4.79 Å². The van der Waals surface area contributed by atoms with E-state index in [1.807, 2.05) is 32.9 Å². The molecule has 5 nitrogen and oxygen atoms in total. The van der Waals surface area contributed by atoms with Crippen molar-refractivity contribution < 1.29 is 17.9 Å². The summed E-state index contributed by atoms with van der Waals surface area (Å²) < 4.78 is 28.7. The summed E-state index contributed by atoms with van der Waals surface area (Å²) in [5.41, 5.74) is 1.56. The van der Waals surface area contributed by atoms with Gasteiger partial charge in [-0.05, 0) is 43.0 Å². The van der Waals surface area contributed by atoms with Crippen molar-refractivity contribution in [3.63, 3.8) is 0 Å². The highest BCUT2D eigenvalue weighted by molar-refractivity contribution is 7.91. The third-order valence-corrected chi connectivity index (χ3v) is 6.10. The lowest BCUT2D eigenvalue weighted by atomic mass is 9.98. The van der Waals surface area contributed by atoms with E-state index in [1.165, 1.54) is 0 Å². The van der Waals surface area contributed by atoms with Crippen LogP contribution in [0.5, 0.6) is 5.75 Å². The number of carbonyl (C=O) groups is 1. The summed E-state index contributed by atoms with van der Waals surface area (Å²) in [6.07, 6.45) is 0.523. The van der Waals surface area contributed by atoms with Gasteiger partial charge in [-0.25, -0.2) is 8.42 Å². The standard InChI is InChI=1S/C17H25NO4S/c1-5-18(14-8-9-23(20,21)11-14)17(19)13-6-7-16(22-4)15(10-13)12(2)3/h6-7,10,12,14H,5,8-9,11H2,1-4H3. The van der Waals surface area contributed by atoms with Gasteiger partial charge >= 0.3 is 0 Å².